The van der Waals surface area contributed by atoms with Gasteiger partial charge in [0.1, 0.15) is 17.2 Å². The van der Waals surface area contributed by atoms with Gasteiger partial charge >= 0.3 is 0 Å². The number of rotatable bonds is 4. The van der Waals surface area contributed by atoms with Gasteiger partial charge in [-0.05, 0) is 29.9 Å². The van der Waals surface area contributed by atoms with Crippen molar-refractivity contribution in [2.75, 3.05) is 0 Å². The molecule has 2 atom stereocenters. The number of fused-ring (bicyclic) bond motifs is 2. The van der Waals surface area contributed by atoms with Crippen LogP contribution in [-0.2, 0) is 6.54 Å². The quantitative estimate of drug-likeness (QED) is 0.518. The molecule has 0 unspecified atom stereocenters. The van der Waals surface area contributed by atoms with Crippen molar-refractivity contribution in [2.45, 2.75) is 31.2 Å². The lowest BCUT2D eigenvalue weighted by Crippen LogP contribution is -2.09. The minimum Gasteiger partial charge on any atom is -0.256 e. The molecule has 0 bridgehead atoms. The normalized spacial score (nSPS) is 19.4. The van der Waals surface area contributed by atoms with Crippen molar-refractivity contribution in [2.24, 2.45) is 0 Å². The Morgan fingerprint density at radius 1 is 1.22 bits per heavy atom. The minimum atomic E-state index is -2.60. The summed E-state index contributed by atoms with van der Waals surface area (Å²) in [5.41, 5.74) is 2.22. The standard InChI is InChI=1S/C18H13ClF3N5/c19-14-6-13(18-23-3-4-26(18)25-14)12-5-11(12)10-2-1-9-7-24-27(8-15(20)21)17(9)16(10)22/h1-4,6-7,11-12,15H,5,8H2/t11-,12+/m1/s1. The molecule has 0 saturated heterocycles. The number of halogens is 4. The van der Waals surface area contributed by atoms with Gasteiger partial charge in [-0.1, -0.05) is 23.7 Å². The van der Waals surface area contributed by atoms with Gasteiger partial charge in [0, 0.05) is 23.3 Å². The smallest absolute Gasteiger partial charge is 0.256 e. The summed E-state index contributed by atoms with van der Waals surface area (Å²) in [6, 6.07) is 5.19. The number of alkyl halides is 2. The molecule has 3 aromatic heterocycles. The highest BCUT2D eigenvalue weighted by atomic mass is 35.5. The first kappa shape index (κ1) is 16.6. The Bertz CT molecular complexity index is 1170. The average molecular weight is 392 g/mol. The number of hydrogen-bond donors (Lipinski definition) is 0. The van der Waals surface area contributed by atoms with E-state index in [4.69, 9.17) is 11.6 Å². The van der Waals surface area contributed by atoms with Crippen LogP contribution in [0.15, 0.2) is 36.8 Å². The van der Waals surface area contributed by atoms with Crippen LogP contribution >= 0.6 is 11.6 Å². The number of imidazole rings is 1. The van der Waals surface area contributed by atoms with Gasteiger partial charge in [-0.15, -0.1) is 0 Å². The maximum Gasteiger partial charge on any atom is 0.257 e. The van der Waals surface area contributed by atoms with Crippen molar-refractivity contribution in [3.8, 4) is 0 Å². The van der Waals surface area contributed by atoms with Crippen LogP contribution in [0.3, 0.4) is 0 Å². The second-order valence-electron chi connectivity index (χ2n) is 6.69. The molecular weight excluding hydrogens is 379 g/mol. The van der Waals surface area contributed by atoms with Crippen molar-refractivity contribution in [3.63, 3.8) is 0 Å². The maximum absolute atomic E-state index is 15.2. The van der Waals surface area contributed by atoms with Crippen LogP contribution in [0.5, 0.6) is 0 Å². The van der Waals surface area contributed by atoms with Crippen molar-refractivity contribution in [1.29, 1.82) is 0 Å². The Hall–Kier alpha value is -2.61. The predicted molar refractivity (Wildman–Crippen MR) is 93.8 cm³/mol. The van der Waals surface area contributed by atoms with Crippen LogP contribution in [0.2, 0.25) is 5.15 Å². The minimum absolute atomic E-state index is 0.0498. The van der Waals surface area contributed by atoms with Gasteiger partial charge in [-0.2, -0.15) is 10.2 Å². The van der Waals surface area contributed by atoms with Crippen LogP contribution in [-0.4, -0.2) is 30.8 Å². The van der Waals surface area contributed by atoms with Gasteiger partial charge < -0.3 is 0 Å². The summed E-state index contributed by atoms with van der Waals surface area (Å²) in [5, 5.41) is 8.91. The van der Waals surface area contributed by atoms with E-state index in [1.54, 1.807) is 35.1 Å². The van der Waals surface area contributed by atoms with E-state index in [0.717, 1.165) is 16.7 Å². The summed E-state index contributed by atoms with van der Waals surface area (Å²) in [7, 11) is 0. The third-order valence-corrected chi connectivity index (χ3v) is 5.21. The van der Waals surface area contributed by atoms with Gasteiger partial charge in [-0.3, -0.25) is 4.68 Å². The van der Waals surface area contributed by atoms with Crippen molar-refractivity contribution >= 4 is 28.2 Å². The van der Waals surface area contributed by atoms with Gasteiger partial charge in [0.15, 0.2) is 11.5 Å². The van der Waals surface area contributed by atoms with Gasteiger partial charge in [0.25, 0.3) is 6.43 Å². The fourth-order valence-electron chi connectivity index (χ4n) is 3.77. The molecule has 0 spiro atoms. The highest BCUT2D eigenvalue weighted by Crippen LogP contribution is 2.56. The molecule has 1 saturated carbocycles. The summed E-state index contributed by atoms with van der Waals surface area (Å²) in [4.78, 5) is 4.31. The zero-order chi connectivity index (χ0) is 18.7. The van der Waals surface area contributed by atoms with E-state index in [2.05, 4.69) is 15.2 Å². The third kappa shape index (κ3) is 2.66. The molecule has 1 aliphatic carbocycles. The summed E-state index contributed by atoms with van der Waals surface area (Å²) < 4.78 is 43.3. The molecule has 1 aliphatic rings. The molecule has 138 valence electrons. The Kier molecular flexibility index (Phi) is 3.65. The second-order valence-corrected chi connectivity index (χ2v) is 7.08. The predicted octanol–water partition coefficient (Wildman–Crippen LogP) is 4.41. The Balaban J connectivity index is 1.55. The van der Waals surface area contributed by atoms with Crippen LogP contribution in [0.1, 0.15) is 29.4 Å². The van der Waals surface area contributed by atoms with E-state index >= 15 is 4.39 Å². The molecule has 5 rings (SSSR count). The highest BCUT2D eigenvalue weighted by Gasteiger charge is 2.43. The lowest BCUT2D eigenvalue weighted by molar-refractivity contribution is 0.123. The van der Waals surface area contributed by atoms with Gasteiger partial charge in [0.2, 0.25) is 0 Å². The van der Waals surface area contributed by atoms with Crippen molar-refractivity contribution in [3.05, 3.63) is 58.9 Å². The molecule has 3 heterocycles. The SMILES string of the molecule is Fc1c([C@H]2C[C@@H]2c2cc(Cl)nn3ccnc23)ccc2cnn(CC(F)F)c12. The molecule has 27 heavy (non-hydrogen) atoms. The largest absolute Gasteiger partial charge is 0.257 e. The van der Waals surface area contributed by atoms with E-state index in [0.29, 0.717) is 21.7 Å². The Morgan fingerprint density at radius 2 is 2.04 bits per heavy atom. The number of nitrogens with zero attached hydrogens (tertiary/aromatic N) is 5. The first-order valence-corrected chi connectivity index (χ1v) is 8.82. The zero-order valence-electron chi connectivity index (χ0n) is 13.9. The molecule has 0 amide bonds. The molecule has 1 aromatic carbocycles. The molecule has 0 radical (unpaired) electrons. The van der Waals surface area contributed by atoms with Gasteiger partial charge in [0.05, 0.1) is 6.20 Å². The Labute approximate surface area is 156 Å². The van der Waals surface area contributed by atoms with E-state index in [9.17, 15) is 8.78 Å². The summed E-state index contributed by atoms with van der Waals surface area (Å²) in [6.45, 7) is -0.632. The summed E-state index contributed by atoms with van der Waals surface area (Å²) in [6.07, 6.45) is 2.88. The molecule has 0 N–H and O–H groups in total. The molecule has 0 aliphatic heterocycles. The number of aromatic nitrogens is 5. The molecule has 9 heteroatoms. The monoisotopic (exact) mass is 391 g/mol. The maximum atomic E-state index is 15.2. The number of benzene rings is 1. The van der Waals surface area contributed by atoms with E-state index < -0.39 is 18.8 Å². The van der Waals surface area contributed by atoms with Crippen molar-refractivity contribution in [1.82, 2.24) is 24.4 Å². The van der Waals surface area contributed by atoms with E-state index in [1.165, 1.54) is 6.20 Å². The molecule has 1 fully saturated rings. The van der Waals surface area contributed by atoms with E-state index in [1.807, 2.05) is 0 Å². The van der Waals surface area contributed by atoms with E-state index in [-0.39, 0.29) is 17.4 Å². The van der Waals surface area contributed by atoms with Gasteiger partial charge in [-0.25, -0.2) is 22.7 Å². The van der Waals surface area contributed by atoms with Crippen LogP contribution in [0, 0.1) is 5.82 Å². The average Bonchev–Trinajstić information content (AvgIpc) is 3.06. The fraction of sp³-hybridized carbons (Fsp3) is 0.278. The zero-order valence-corrected chi connectivity index (χ0v) is 14.6. The van der Waals surface area contributed by atoms with Crippen LogP contribution in [0.25, 0.3) is 16.6 Å². The summed E-state index contributed by atoms with van der Waals surface area (Å²) in [5.74, 6) is -0.505. The molecule has 5 nitrogen and oxygen atoms in total. The van der Waals surface area contributed by atoms with Crippen LogP contribution in [0.4, 0.5) is 13.2 Å². The fourth-order valence-corrected chi connectivity index (χ4v) is 3.97. The Morgan fingerprint density at radius 3 is 2.85 bits per heavy atom. The molecule has 4 aromatic rings. The van der Waals surface area contributed by atoms with Crippen LogP contribution < -0.4 is 0 Å². The lowest BCUT2D eigenvalue weighted by Gasteiger charge is -2.08. The lowest BCUT2D eigenvalue weighted by atomic mass is 10.0. The first-order valence-electron chi connectivity index (χ1n) is 8.45. The second kappa shape index (κ2) is 5.95. The van der Waals surface area contributed by atoms with Crippen molar-refractivity contribution < 1.29 is 13.2 Å². The molecular formula is C18H13ClF3N5. The number of hydrogen-bond acceptors (Lipinski definition) is 3. The highest BCUT2D eigenvalue weighted by molar-refractivity contribution is 6.29. The first-order chi connectivity index (χ1) is 13.0. The topological polar surface area (TPSA) is 48.0 Å². The third-order valence-electron chi connectivity index (χ3n) is 5.03. The summed E-state index contributed by atoms with van der Waals surface area (Å²) >= 11 is 6.09.